The SMILES string of the molecule is Oc1ccc(F)cc1CNc1ccc(C(F)(F)F)cc1. The van der Waals surface area contributed by atoms with Gasteiger partial charge in [0.15, 0.2) is 0 Å². The summed E-state index contributed by atoms with van der Waals surface area (Å²) in [5.41, 5.74) is 0.0308. The Kier molecular flexibility index (Phi) is 3.83. The van der Waals surface area contributed by atoms with Crippen LogP contribution in [-0.2, 0) is 12.7 Å². The molecule has 0 saturated carbocycles. The number of benzene rings is 2. The number of nitrogens with one attached hydrogen (secondary N) is 1. The Labute approximate surface area is 112 Å². The minimum Gasteiger partial charge on any atom is -0.508 e. The maximum Gasteiger partial charge on any atom is 0.416 e. The van der Waals surface area contributed by atoms with Crippen LogP contribution in [0.5, 0.6) is 5.75 Å². The Morgan fingerprint density at radius 3 is 2.25 bits per heavy atom. The van der Waals surface area contributed by atoms with Crippen molar-refractivity contribution in [1.82, 2.24) is 0 Å². The number of hydrogen-bond acceptors (Lipinski definition) is 2. The van der Waals surface area contributed by atoms with Gasteiger partial charge in [0.2, 0.25) is 0 Å². The first-order valence-corrected chi connectivity index (χ1v) is 5.75. The molecule has 0 unspecified atom stereocenters. The molecular formula is C14H11F4NO. The van der Waals surface area contributed by atoms with E-state index >= 15 is 0 Å². The molecule has 0 aliphatic heterocycles. The van der Waals surface area contributed by atoms with Crippen LogP contribution in [0.15, 0.2) is 42.5 Å². The van der Waals surface area contributed by atoms with Gasteiger partial charge in [-0.05, 0) is 42.5 Å². The maximum atomic E-state index is 13.0. The predicted octanol–water partition coefficient (Wildman–Crippen LogP) is 4.16. The van der Waals surface area contributed by atoms with Crippen molar-refractivity contribution in [3.63, 3.8) is 0 Å². The second-order valence-corrected chi connectivity index (χ2v) is 4.20. The van der Waals surface area contributed by atoms with Crippen molar-refractivity contribution in [2.75, 3.05) is 5.32 Å². The number of alkyl halides is 3. The highest BCUT2D eigenvalue weighted by molar-refractivity contribution is 5.46. The van der Waals surface area contributed by atoms with Gasteiger partial charge in [0.25, 0.3) is 0 Å². The molecule has 2 N–H and O–H groups in total. The molecule has 0 bridgehead atoms. The number of phenols is 1. The molecule has 6 heteroatoms. The van der Waals surface area contributed by atoms with Gasteiger partial charge in [-0.1, -0.05) is 0 Å². The van der Waals surface area contributed by atoms with E-state index in [9.17, 15) is 22.7 Å². The van der Waals surface area contributed by atoms with Gasteiger partial charge in [0.05, 0.1) is 5.56 Å². The smallest absolute Gasteiger partial charge is 0.416 e. The first-order valence-electron chi connectivity index (χ1n) is 5.75. The van der Waals surface area contributed by atoms with Crippen molar-refractivity contribution in [2.24, 2.45) is 0 Å². The van der Waals surface area contributed by atoms with E-state index in [1.807, 2.05) is 0 Å². The van der Waals surface area contributed by atoms with E-state index in [1.54, 1.807) is 0 Å². The van der Waals surface area contributed by atoms with E-state index in [0.717, 1.165) is 24.3 Å². The summed E-state index contributed by atoms with van der Waals surface area (Å²) in [5.74, 6) is -0.571. The number of anilines is 1. The molecule has 0 atom stereocenters. The summed E-state index contributed by atoms with van der Waals surface area (Å²) >= 11 is 0. The van der Waals surface area contributed by atoms with Crippen molar-refractivity contribution >= 4 is 5.69 Å². The van der Waals surface area contributed by atoms with Gasteiger partial charge in [-0.25, -0.2) is 4.39 Å². The van der Waals surface area contributed by atoms with Crippen molar-refractivity contribution < 1.29 is 22.7 Å². The molecule has 0 fully saturated rings. The predicted molar refractivity (Wildman–Crippen MR) is 66.8 cm³/mol. The first kappa shape index (κ1) is 14.2. The molecular weight excluding hydrogens is 274 g/mol. The van der Waals surface area contributed by atoms with Gasteiger partial charge in [-0.3, -0.25) is 0 Å². The van der Waals surface area contributed by atoms with Crippen molar-refractivity contribution in [1.29, 1.82) is 0 Å². The minimum absolute atomic E-state index is 0.0780. The molecule has 2 nitrogen and oxygen atoms in total. The largest absolute Gasteiger partial charge is 0.508 e. The summed E-state index contributed by atoms with van der Waals surface area (Å²) in [4.78, 5) is 0. The Morgan fingerprint density at radius 1 is 1.00 bits per heavy atom. The fourth-order valence-corrected chi connectivity index (χ4v) is 1.67. The van der Waals surface area contributed by atoms with Crippen LogP contribution < -0.4 is 5.32 Å². The Balaban J connectivity index is 2.06. The highest BCUT2D eigenvalue weighted by Crippen LogP contribution is 2.30. The summed E-state index contributed by atoms with van der Waals surface area (Å²) in [6.07, 6.45) is -4.38. The van der Waals surface area contributed by atoms with Crippen molar-refractivity contribution in [3.8, 4) is 5.75 Å². The lowest BCUT2D eigenvalue weighted by molar-refractivity contribution is -0.137. The van der Waals surface area contributed by atoms with E-state index in [4.69, 9.17) is 0 Å². The van der Waals surface area contributed by atoms with Gasteiger partial charge < -0.3 is 10.4 Å². The van der Waals surface area contributed by atoms with Gasteiger partial charge in [0, 0.05) is 17.8 Å². The van der Waals surface area contributed by atoms with E-state index in [2.05, 4.69) is 5.32 Å². The normalized spacial score (nSPS) is 11.4. The van der Waals surface area contributed by atoms with Gasteiger partial charge in [-0.15, -0.1) is 0 Å². The van der Waals surface area contributed by atoms with Gasteiger partial charge >= 0.3 is 6.18 Å². The maximum absolute atomic E-state index is 13.0. The quantitative estimate of drug-likeness (QED) is 0.830. The van der Waals surface area contributed by atoms with Gasteiger partial charge in [-0.2, -0.15) is 13.2 Å². The Bertz CT molecular complexity index is 593. The van der Waals surface area contributed by atoms with Gasteiger partial charge in [0.1, 0.15) is 11.6 Å². The number of halogens is 4. The van der Waals surface area contributed by atoms with E-state index < -0.39 is 17.6 Å². The molecule has 0 saturated heterocycles. The third kappa shape index (κ3) is 3.40. The topological polar surface area (TPSA) is 32.3 Å². The highest BCUT2D eigenvalue weighted by atomic mass is 19.4. The van der Waals surface area contributed by atoms with Crippen LogP contribution in [0.1, 0.15) is 11.1 Å². The molecule has 0 aliphatic rings. The molecule has 0 radical (unpaired) electrons. The third-order valence-corrected chi connectivity index (χ3v) is 2.74. The average molecular weight is 285 g/mol. The fourth-order valence-electron chi connectivity index (χ4n) is 1.67. The van der Waals surface area contributed by atoms with Crippen molar-refractivity contribution in [3.05, 3.63) is 59.4 Å². The fraction of sp³-hybridized carbons (Fsp3) is 0.143. The van der Waals surface area contributed by atoms with Crippen LogP contribution in [0.4, 0.5) is 23.2 Å². The zero-order valence-electron chi connectivity index (χ0n) is 10.2. The molecule has 2 rings (SSSR count). The summed E-state index contributed by atoms with van der Waals surface area (Å²) in [6.45, 7) is 0.106. The molecule has 0 aromatic heterocycles. The van der Waals surface area contributed by atoms with Crippen LogP contribution in [0.2, 0.25) is 0 Å². The molecule has 0 aliphatic carbocycles. The van der Waals surface area contributed by atoms with Crippen LogP contribution >= 0.6 is 0 Å². The van der Waals surface area contributed by atoms with E-state index in [1.165, 1.54) is 18.2 Å². The molecule has 2 aromatic carbocycles. The lowest BCUT2D eigenvalue weighted by Crippen LogP contribution is -2.05. The summed E-state index contributed by atoms with van der Waals surface area (Å²) < 4.78 is 50.1. The minimum atomic E-state index is -4.38. The third-order valence-electron chi connectivity index (χ3n) is 2.74. The number of rotatable bonds is 3. The van der Waals surface area contributed by atoms with Crippen LogP contribution in [0, 0.1) is 5.82 Å². The van der Waals surface area contributed by atoms with E-state index in [-0.39, 0.29) is 12.3 Å². The Morgan fingerprint density at radius 2 is 1.65 bits per heavy atom. The lowest BCUT2D eigenvalue weighted by atomic mass is 10.1. The second-order valence-electron chi connectivity index (χ2n) is 4.20. The molecule has 0 amide bonds. The summed E-state index contributed by atoms with van der Waals surface area (Å²) in [7, 11) is 0. The average Bonchev–Trinajstić information content (AvgIpc) is 2.39. The number of aromatic hydroxyl groups is 1. The molecule has 20 heavy (non-hydrogen) atoms. The van der Waals surface area contributed by atoms with Crippen LogP contribution in [0.3, 0.4) is 0 Å². The summed E-state index contributed by atoms with van der Waals surface area (Å²) in [5, 5.41) is 12.3. The standard InChI is InChI=1S/C14H11F4NO/c15-11-3-6-13(20)9(7-11)8-19-12-4-1-10(2-5-12)14(16,17)18/h1-7,19-20H,8H2. The number of phenolic OH excluding ortho intramolecular Hbond substituents is 1. The monoisotopic (exact) mass is 285 g/mol. The zero-order chi connectivity index (χ0) is 14.8. The Hall–Kier alpha value is -2.24. The highest BCUT2D eigenvalue weighted by Gasteiger charge is 2.29. The second kappa shape index (κ2) is 5.40. The lowest BCUT2D eigenvalue weighted by Gasteiger charge is -2.10. The van der Waals surface area contributed by atoms with E-state index in [0.29, 0.717) is 11.3 Å². The molecule has 0 spiro atoms. The molecule has 106 valence electrons. The molecule has 0 heterocycles. The number of hydrogen-bond donors (Lipinski definition) is 2. The first-order chi connectivity index (χ1) is 9.36. The molecule has 2 aromatic rings. The summed E-state index contributed by atoms with van der Waals surface area (Å²) in [6, 6.07) is 7.96. The zero-order valence-corrected chi connectivity index (χ0v) is 10.2. The van der Waals surface area contributed by atoms with Crippen molar-refractivity contribution in [2.45, 2.75) is 12.7 Å². The van der Waals surface area contributed by atoms with Crippen LogP contribution in [-0.4, -0.2) is 5.11 Å². The van der Waals surface area contributed by atoms with Crippen LogP contribution in [0.25, 0.3) is 0 Å².